The van der Waals surface area contributed by atoms with Crippen LogP contribution in [0.5, 0.6) is 0 Å². The van der Waals surface area contributed by atoms with Gasteiger partial charge < -0.3 is 10.2 Å². The van der Waals surface area contributed by atoms with Crippen LogP contribution in [-0.4, -0.2) is 55.2 Å². The molecule has 1 saturated heterocycles. The van der Waals surface area contributed by atoms with E-state index in [1.54, 1.807) is 23.9 Å². The van der Waals surface area contributed by atoms with Crippen LogP contribution in [0.15, 0.2) is 36.9 Å². The van der Waals surface area contributed by atoms with Gasteiger partial charge in [0, 0.05) is 42.9 Å². The molecule has 1 aliphatic heterocycles. The molecule has 0 radical (unpaired) electrons. The fourth-order valence-electron chi connectivity index (χ4n) is 3.52. The third-order valence-corrected chi connectivity index (χ3v) is 5.80. The monoisotopic (exact) mass is 392 g/mol. The zero-order valence-corrected chi connectivity index (χ0v) is 16.5. The molecule has 1 fully saturated rings. The molecule has 4 aromatic heterocycles. The number of pyridine rings is 1. The predicted molar refractivity (Wildman–Crippen MR) is 110 cm³/mol. The number of imidazole rings is 1. The summed E-state index contributed by atoms with van der Waals surface area (Å²) in [5, 5.41) is 4.28. The number of hydrogen-bond donors (Lipinski definition) is 1. The lowest BCUT2D eigenvalue weighted by Crippen LogP contribution is -2.50. The number of nitrogens with zero attached hydrogens (tertiary/aromatic N) is 7. The summed E-state index contributed by atoms with van der Waals surface area (Å²) in [7, 11) is 0. The summed E-state index contributed by atoms with van der Waals surface area (Å²) in [6.07, 6.45) is 5.14. The lowest BCUT2D eigenvalue weighted by atomic mass is 10.2. The molecule has 4 aromatic rings. The van der Waals surface area contributed by atoms with Gasteiger partial charge in [0.15, 0.2) is 16.5 Å². The number of fused-ring (bicyclic) bond motifs is 1. The second-order valence-corrected chi connectivity index (χ2v) is 8.11. The largest absolute Gasteiger partial charge is 0.351 e. The van der Waals surface area contributed by atoms with Gasteiger partial charge in [-0.15, -0.1) is 11.3 Å². The second kappa shape index (κ2) is 6.92. The molecule has 0 spiro atoms. The minimum absolute atomic E-state index is 0.384. The fourth-order valence-corrected chi connectivity index (χ4v) is 4.27. The highest BCUT2D eigenvalue weighted by Crippen LogP contribution is 2.31. The standard InChI is InChI=1S/C19H20N8S/c1-12-9-20-7-8-26(12)16-4-3-14-17(25-16)27(15-5-6-21-11-23-15)18(24-14)19-22-10-13(2)28-19/h3-6,10-12,20H,7-9H2,1-2H3. The van der Waals surface area contributed by atoms with E-state index in [9.17, 15) is 0 Å². The Balaban J connectivity index is 1.72. The SMILES string of the molecule is Cc1cnc(-c2nc3ccc(N4CCNCC4C)nc3n2-c2ccncn2)s1. The van der Waals surface area contributed by atoms with Gasteiger partial charge in [-0.3, -0.25) is 4.57 Å². The lowest BCUT2D eigenvalue weighted by molar-refractivity contribution is 0.497. The molecule has 9 heteroatoms. The topological polar surface area (TPSA) is 84.7 Å². The van der Waals surface area contributed by atoms with Crippen molar-refractivity contribution >= 4 is 28.3 Å². The van der Waals surface area contributed by atoms with Crippen molar-refractivity contribution < 1.29 is 0 Å². The zero-order valence-electron chi connectivity index (χ0n) is 15.7. The number of hydrogen-bond acceptors (Lipinski definition) is 8. The molecule has 1 N–H and O–H groups in total. The van der Waals surface area contributed by atoms with Crippen molar-refractivity contribution in [2.24, 2.45) is 0 Å². The van der Waals surface area contributed by atoms with Crippen LogP contribution in [-0.2, 0) is 0 Å². The first-order valence-electron chi connectivity index (χ1n) is 9.27. The molecule has 0 aliphatic carbocycles. The molecule has 5 heterocycles. The number of nitrogens with one attached hydrogen (secondary N) is 1. The third-order valence-electron chi connectivity index (χ3n) is 4.89. The Kier molecular flexibility index (Phi) is 4.25. The van der Waals surface area contributed by atoms with Gasteiger partial charge in [-0.25, -0.2) is 24.9 Å². The molecule has 8 nitrogen and oxygen atoms in total. The van der Waals surface area contributed by atoms with Gasteiger partial charge in [-0.2, -0.15) is 0 Å². The Morgan fingerprint density at radius 3 is 2.82 bits per heavy atom. The smallest absolute Gasteiger partial charge is 0.177 e. The summed E-state index contributed by atoms with van der Waals surface area (Å²) < 4.78 is 1.98. The van der Waals surface area contributed by atoms with E-state index in [-0.39, 0.29) is 0 Å². The maximum absolute atomic E-state index is 4.99. The highest BCUT2D eigenvalue weighted by molar-refractivity contribution is 7.14. The summed E-state index contributed by atoms with van der Waals surface area (Å²) in [5.74, 6) is 2.45. The van der Waals surface area contributed by atoms with Gasteiger partial charge in [0.25, 0.3) is 0 Å². The maximum Gasteiger partial charge on any atom is 0.177 e. The van der Waals surface area contributed by atoms with Crippen LogP contribution in [0.1, 0.15) is 11.8 Å². The molecule has 1 unspecified atom stereocenters. The Morgan fingerprint density at radius 2 is 2.07 bits per heavy atom. The Labute approximate surface area is 166 Å². The average molecular weight is 392 g/mol. The number of piperazine rings is 1. The minimum atomic E-state index is 0.384. The van der Waals surface area contributed by atoms with E-state index in [0.29, 0.717) is 6.04 Å². The Bertz CT molecular complexity index is 1120. The molecule has 0 saturated carbocycles. The maximum atomic E-state index is 4.99. The summed E-state index contributed by atoms with van der Waals surface area (Å²) in [6.45, 7) is 7.10. The number of anilines is 1. The number of aromatic nitrogens is 6. The molecular weight excluding hydrogens is 372 g/mol. The van der Waals surface area contributed by atoms with Crippen molar-refractivity contribution in [1.29, 1.82) is 0 Å². The van der Waals surface area contributed by atoms with Crippen molar-refractivity contribution in [2.45, 2.75) is 19.9 Å². The molecule has 0 amide bonds. The summed E-state index contributed by atoms with van der Waals surface area (Å²) in [4.78, 5) is 26.3. The Hall–Kier alpha value is -2.91. The van der Waals surface area contributed by atoms with Gasteiger partial charge >= 0.3 is 0 Å². The third kappa shape index (κ3) is 2.92. The lowest BCUT2D eigenvalue weighted by Gasteiger charge is -2.34. The summed E-state index contributed by atoms with van der Waals surface area (Å²) >= 11 is 1.61. The zero-order chi connectivity index (χ0) is 19.1. The molecule has 1 atom stereocenters. The predicted octanol–water partition coefficient (Wildman–Crippen LogP) is 2.44. The number of thiazole rings is 1. The van der Waals surface area contributed by atoms with Crippen LogP contribution in [0.25, 0.3) is 27.8 Å². The van der Waals surface area contributed by atoms with Gasteiger partial charge in [-0.1, -0.05) is 0 Å². The van der Waals surface area contributed by atoms with Crippen LogP contribution >= 0.6 is 11.3 Å². The molecule has 1 aliphatic rings. The molecule has 5 rings (SSSR count). The van der Waals surface area contributed by atoms with Crippen LogP contribution in [0.3, 0.4) is 0 Å². The fraction of sp³-hybridized carbons (Fsp3) is 0.316. The van der Waals surface area contributed by atoms with E-state index in [0.717, 1.165) is 58.1 Å². The number of aryl methyl sites for hydroxylation is 1. The summed E-state index contributed by atoms with van der Waals surface area (Å²) in [6, 6.07) is 6.34. The van der Waals surface area contributed by atoms with Crippen molar-refractivity contribution in [2.75, 3.05) is 24.5 Å². The van der Waals surface area contributed by atoms with Crippen LogP contribution in [0, 0.1) is 6.92 Å². The van der Waals surface area contributed by atoms with Crippen LogP contribution in [0.2, 0.25) is 0 Å². The van der Waals surface area contributed by atoms with Crippen molar-refractivity contribution in [3.05, 3.63) is 41.8 Å². The normalized spacial score (nSPS) is 17.4. The van der Waals surface area contributed by atoms with Gasteiger partial charge in [-0.05, 0) is 32.0 Å². The van der Waals surface area contributed by atoms with Crippen molar-refractivity contribution in [3.63, 3.8) is 0 Å². The van der Waals surface area contributed by atoms with Crippen LogP contribution < -0.4 is 10.2 Å². The Morgan fingerprint density at radius 1 is 1.14 bits per heavy atom. The van der Waals surface area contributed by atoms with E-state index in [2.05, 4.69) is 38.2 Å². The first kappa shape index (κ1) is 17.2. The highest BCUT2D eigenvalue weighted by atomic mass is 32.1. The molecule has 28 heavy (non-hydrogen) atoms. The quantitative estimate of drug-likeness (QED) is 0.573. The van der Waals surface area contributed by atoms with Crippen molar-refractivity contribution in [1.82, 2.24) is 34.8 Å². The van der Waals surface area contributed by atoms with Gasteiger partial charge in [0.2, 0.25) is 0 Å². The van der Waals surface area contributed by atoms with E-state index in [1.807, 2.05) is 29.8 Å². The average Bonchev–Trinajstić information content (AvgIpc) is 3.32. The highest BCUT2D eigenvalue weighted by Gasteiger charge is 2.23. The van der Waals surface area contributed by atoms with Gasteiger partial charge in [0.05, 0.1) is 0 Å². The van der Waals surface area contributed by atoms with Crippen LogP contribution in [0.4, 0.5) is 5.82 Å². The minimum Gasteiger partial charge on any atom is -0.351 e. The van der Waals surface area contributed by atoms with E-state index < -0.39 is 0 Å². The van der Waals surface area contributed by atoms with E-state index >= 15 is 0 Å². The molecular formula is C19H20N8S. The summed E-state index contributed by atoms with van der Waals surface area (Å²) in [5.41, 5.74) is 1.61. The molecule has 0 bridgehead atoms. The first-order chi connectivity index (χ1) is 13.7. The first-order valence-corrected chi connectivity index (χ1v) is 10.1. The van der Waals surface area contributed by atoms with Crippen molar-refractivity contribution in [3.8, 4) is 16.6 Å². The van der Waals surface area contributed by atoms with Gasteiger partial charge in [0.1, 0.15) is 23.5 Å². The molecule has 142 valence electrons. The molecule has 0 aromatic carbocycles. The van der Waals surface area contributed by atoms with E-state index in [4.69, 9.17) is 9.97 Å². The number of rotatable bonds is 3. The van der Waals surface area contributed by atoms with E-state index in [1.165, 1.54) is 0 Å². The second-order valence-electron chi connectivity index (χ2n) is 6.87.